The summed E-state index contributed by atoms with van der Waals surface area (Å²) in [7, 11) is 0. The average molecular weight is 351 g/mol. The van der Waals surface area contributed by atoms with Crippen LogP contribution in [0.3, 0.4) is 0 Å². The van der Waals surface area contributed by atoms with Gasteiger partial charge in [0.1, 0.15) is 24.3 Å². The van der Waals surface area contributed by atoms with Crippen LogP contribution in [0.2, 0.25) is 5.28 Å². The molecule has 0 saturated carbocycles. The minimum atomic E-state index is -0.515. The van der Waals surface area contributed by atoms with Gasteiger partial charge in [-0.15, -0.1) is 0 Å². The van der Waals surface area contributed by atoms with Crippen molar-refractivity contribution >= 4 is 17.7 Å². The lowest BCUT2D eigenvalue weighted by Gasteiger charge is -2.19. The van der Waals surface area contributed by atoms with Crippen molar-refractivity contribution in [3.05, 3.63) is 35.9 Å². The average Bonchev–Trinajstić information content (AvgIpc) is 2.50. The molecule has 1 aromatic heterocycles. The molecule has 7 nitrogen and oxygen atoms in total. The van der Waals surface area contributed by atoms with Gasteiger partial charge in [0.25, 0.3) is 0 Å². The summed E-state index contributed by atoms with van der Waals surface area (Å²) in [4.78, 5) is 23.3. The number of ether oxygens (including phenoxy) is 2. The van der Waals surface area contributed by atoms with E-state index in [9.17, 15) is 4.79 Å². The topological polar surface area (TPSA) is 86.2 Å². The monoisotopic (exact) mass is 350 g/mol. The Bertz CT molecular complexity index is 686. The third-order valence-corrected chi connectivity index (χ3v) is 2.88. The van der Waals surface area contributed by atoms with Crippen LogP contribution in [-0.2, 0) is 4.74 Å². The van der Waals surface area contributed by atoms with Crippen LogP contribution in [0.5, 0.6) is 5.75 Å². The molecule has 1 N–H and O–H groups in total. The number of aromatic nitrogens is 3. The summed E-state index contributed by atoms with van der Waals surface area (Å²) in [5, 5.41) is 2.77. The van der Waals surface area contributed by atoms with Crippen LogP contribution in [0.4, 0.5) is 4.79 Å². The summed E-state index contributed by atoms with van der Waals surface area (Å²) in [5.74, 6) is 1.16. The Morgan fingerprint density at radius 2 is 1.92 bits per heavy atom. The largest absolute Gasteiger partial charge is 0.492 e. The summed E-state index contributed by atoms with van der Waals surface area (Å²) in [5.41, 5.74) is 0.289. The van der Waals surface area contributed by atoms with E-state index in [-0.39, 0.29) is 5.28 Å². The van der Waals surface area contributed by atoms with Gasteiger partial charge in [-0.2, -0.15) is 4.98 Å². The molecule has 1 amide bonds. The van der Waals surface area contributed by atoms with Crippen LogP contribution in [0, 0.1) is 0 Å². The molecule has 0 fully saturated rings. The molecule has 0 bridgehead atoms. The lowest BCUT2D eigenvalue weighted by Crippen LogP contribution is -2.34. The van der Waals surface area contributed by atoms with Crippen LogP contribution in [0.15, 0.2) is 30.6 Å². The number of alkyl carbamates (subject to hydrolysis) is 1. The van der Waals surface area contributed by atoms with Crippen LogP contribution < -0.4 is 10.1 Å². The molecule has 0 unspecified atom stereocenters. The first-order valence-corrected chi connectivity index (χ1v) is 7.76. The van der Waals surface area contributed by atoms with E-state index >= 15 is 0 Å². The number of benzene rings is 1. The number of hydrogen-bond acceptors (Lipinski definition) is 6. The Morgan fingerprint density at radius 3 is 2.54 bits per heavy atom. The Balaban J connectivity index is 1.79. The van der Waals surface area contributed by atoms with Gasteiger partial charge in [0.15, 0.2) is 5.82 Å². The van der Waals surface area contributed by atoms with Crippen LogP contribution in [0.1, 0.15) is 20.8 Å². The number of rotatable bonds is 5. The van der Waals surface area contributed by atoms with Crippen molar-refractivity contribution in [2.24, 2.45) is 0 Å². The molecule has 0 aliphatic carbocycles. The second-order valence-corrected chi connectivity index (χ2v) is 6.22. The molecule has 0 radical (unpaired) electrons. The van der Waals surface area contributed by atoms with Crippen LogP contribution in [-0.4, -0.2) is 39.8 Å². The highest BCUT2D eigenvalue weighted by molar-refractivity contribution is 6.28. The summed E-state index contributed by atoms with van der Waals surface area (Å²) in [6, 6.07) is 7.23. The molecule has 2 aromatic rings. The number of nitrogens with one attached hydrogen (secondary N) is 1. The highest BCUT2D eigenvalue weighted by Gasteiger charge is 2.15. The molecule has 0 atom stereocenters. The Morgan fingerprint density at radius 1 is 1.21 bits per heavy atom. The first-order chi connectivity index (χ1) is 11.3. The van der Waals surface area contributed by atoms with Gasteiger partial charge in [-0.05, 0) is 56.6 Å². The second kappa shape index (κ2) is 7.92. The van der Waals surface area contributed by atoms with Crippen LogP contribution >= 0.6 is 11.6 Å². The number of hydrogen-bond donors (Lipinski definition) is 1. The minimum Gasteiger partial charge on any atom is -0.492 e. The highest BCUT2D eigenvalue weighted by atomic mass is 35.5. The fourth-order valence-electron chi connectivity index (χ4n) is 1.75. The van der Waals surface area contributed by atoms with Gasteiger partial charge in [-0.25, -0.2) is 14.8 Å². The normalized spacial score (nSPS) is 11.0. The maximum absolute atomic E-state index is 11.5. The maximum atomic E-state index is 11.5. The summed E-state index contributed by atoms with van der Waals surface area (Å²) < 4.78 is 10.7. The Labute approximate surface area is 145 Å². The number of carbonyl (C=O) groups excluding carboxylic acids is 1. The van der Waals surface area contributed by atoms with Gasteiger partial charge < -0.3 is 14.8 Å². The number of nitrogens with zero attached hydrogens (tertiary/aromatic N) is 3. The van der Waals surface area contributed by atoms with Gasteiger partial charge in [0.05, 0.1) is 6.54 Å². The van der Waals surface area contributed by atoms with Crippen molar-refractivity contribution in [3.8, 4) is 17.1 Å². The zero-order chi connectivity index (χ0) is 17.6. The van der Waals surface area contributed by atoms with Crippen molar-refractivity contribution in [1.29, 1.82) is 0 Å². The van der Waals surface area contributed by atoms with Gasteiger partial charge in [0, 0.05) is 5.56 Å². The van der Waals surface area contributed by atoms with E-state index in [1.165, 1.54) is 6.33 Å². The first-order valence-electron chi connectivity index (χ1n) is 7.38. The lowest BCUT2D eigenvalue weighted by atomic mass is 10.2. The standard InChI is InChI=1S/C16H19ClN4O3/c1-16(2,3)24-15(22)18-8-9-23-12-6-4-11(5-7-12)13-19-10-20-14(17)21-13/h4-7,10H,8-9H2,1-3H3,(H,18,22). The van der Waals surface area contributed by atoms with Gasteiger partial charge in [-0.1, -0.05) is 0 Å². The molecule has 1 aromatic carbocycles. The summed E-state index contributed by atoms with van der Waals surface area (Å²) >= 11 is 5.74. The molecular weight excluding hydrogens is 332 g/mol. The van der Waals surface area contributed by atoms with E-state index in [1.54, 1.807) is 12.1 Å². The smallest absolute Gasteiger partial charge is 0.407 e. The third-order valence-electron chi connectivity index (χ3n) is 2.69. The van der Waals surface area contributed by atoms with Crippen molar-refractivity contribution in [1.82, 2.24) is 20.3 Å². The molecule has 8 heteroatoms. The molecule has 24 heavy (non-hydrogen) atoms. The van der Waals surface area contributed by atoms with Gasteiger partial charge in [0.2, 0.25) is 5.28 Å². The number of carbonyl (C=O) groups is 1. The molecule has 0 aliphatic heterocycles. The van der Waals surface area contributed by atoms with Gasteiger partial charge >= 0.3 is 6.09 Å². The third kappa shape index (κ3) is 6.00. The van der Waals surface area contributed by atoms with Crippen molar-refractivity contribution in [2.75, 3.05) is 13.2 Å². The van der Waals surface area contributed by atoms with Crippen LogP contribution in [0.25, 0.3) is 11.4 Å². The fraction of sp³-hybridized carbons (Fsp3) is 0.375. The molecule has 0 saturated heterocycles. The van der Waals surface area contributed by atoms with E-state index in [1.807, 2.05) is 32.9 Å². The summed E-state index contributed by atoms with van der Waals surface area (Å²) in [6.45, 7) is 6.11. The SMILES string of the molecule is CC(C)(C)OC(=O)NCCOc1ccc(-c2ncnc(Cl)n2)cc1. The summed E-state index contributed by atoms with van der Waals surface area (Å²) in [6.07, 6.45) is 0.894. The second-order valence-electron chi connectivity index (χ2n) is 5.88. The molecule has 128 valence electrons. The fourth-order valence-corrected chi connectivity index (χ4v) is 1.88. The molecule has 0 spiro atoms. The quantitative estimate of drug-likeness (QED) is 0.834. The molecule has 0 aliphatic rings. The number of amides is 1. The predicted molar refractivity (Wildman–Crippen MR) is 90.0 cm³/mol. The zero-order valence-electron chi connectivity index (χ0n) is 13.7. The van der Waals surface area contributed by atoms with Crippen molar-refractivity contribution in [3.63, 3.8) is 0 Å². The Hall–Kier alpha value is -2.41. The van der Waals surface area contributed by atoms with Crippen molar-refractivity contribution < 1.29 is 14.3 Å². The molecule has 1 heterocycles. The zero-order valence-corrected chi connectivity index (χ0v) is 14.5. The highest BCUT2D eigenvalue weighted by Crippen LogP contribution is 2.19. The number of halogens is 1. The van der Waals surface area contributed by atoms with Gasteiger partial charge in [-0.3, -0.25) is 0 Å². The molecular formula is C16H19ClN4O3. The van der Waals surface area contributed by atoms with E-state index in [2.05, 4.69) is 20.3 Å². The first kappa shape index (κ1) is 17.9. The molecule has 2 rings (SSSR count). The van der Waals surface area contributed by atoms with E-state index in [0.717, 1.165) is 5.56 Å². The van der Waals surface area contributed by atoms with E-state index < -0.39 is 11.7 Å². The Kier molecular flexibility index (Phi) is 5.92. The van der Waals surface area contributed by atoms with E-state index in [0.29, 0.717) is 24.7 Å². The predicted octanol–water partition coefficient (Wildman–Crippen LogP) is 3.10. The maximum Gasteiger partial charge on any atom is 0.407 e. The lowest BCUT2D eigenvalue weighted by molar-refractivity contribution is 0.0520. The van der Waals surface area contributed by atoms with Crippen molar-refractivity contribution in [2.45, 2.75) is 26.4 Å². The van der Waals surface area contributed by atoms with E-state index in [4.69, 9.17) is 21.1 Å². The minimum absolute atomic E-state index is 0.147.